The molecule has 0 aromatic rings. The first kappa shape index (κ1) is 11.1. The van der Waals surface area contributed by atoms with Crippen molar-refractivity contribution in [3.63, 3.8) is 0 Å². The largest absolute Gasteiger partial charge is 0.0628 e. The van der Waals surface area contributed by atoms with Gasteiger partial charge in [0.25, 0.3) is 0 Å². The third-order valence-electron chi connectivity index (χ3n) is 3.20. The van der Waals surface area contributed by atoms with E-state index in [9.17, 15) is 0 Å². The molecule has 1 rings (SSSR count). The molecule has 0 bridgehead atoms. The van der Waals surface area contributed by atoms with Crippen molar-refractivity contribution in [2.75, 3.05) is 0 Å². The van der Waals surface area contributed by atoms with Crippen LogP contribution in [0.15, 0.2) is 0 Å². The zero-order valence-corrected chi connectivity index (χ0v) is 9.84. The molecule has 0 saturated heterocycles. The number of hydrogen-bond donors (Lipinski definition) is 0. The maximum Gasteiger partial charge on any atom is -0.0381 e. The quantitative estimate of drug-likeness (QED) is 0.567. The Morgan fingerprint density at radius 2 is 1.69 bits per heavy atom. The van der Waals surface area contributed by atoms with Gasteiger partial charge in [-0.25, -0.2) is 0 Å². The molecular formula is C13H26. The lowest BCUT2D eigenvalue weighted by Gasteiger charge is -2.05. The zero-order chi connectivity index (χ0) is 9.84. The van der Waals surface area contributed by atoms with E-state index in [4.69, 9.17) is 0 Å². The summed E-state index contributed by atoms with van der Waals surface area (Å²) in [7, 11) is 0. The van der Waals surface area contributed by atoms with Crippen molar-refractivity contribution in [2.45, 2.75) is 59.8 Å². The van der Waals surface area contributed by atoms with E-state index >= 15 is 0 Å². The van der Waals surface area contributed by atoms with Gasteiger partial charge in [0.2, 0.25) is 0 Å². The second kappa shape index (κ2) is 5.02. The SMILES string of the molecule is CC(C)CCCC1CC1CC(C)C. The van der Waals surface area contributed by atoms with E-state index in [2.05, 4.69) is 27.7 Å². The maximum atomic E-state index is 2.35. The lowest BCUT2D eigenvalue weighted by atomic mass is 10.0. The predicted octanol–water partition coefficient (Wildman–Crippen LogP) is 4.49. The van der Waals surface area contributed by atoms with Crippen molar-refractivity contribution in [1.29, 1.82) is 0 Å². The lowest BCUT2D eigenvalue weighted by molar-refractivity contribution is 0.472. The number of rotatable bonds is 6. The molecule has 1 saturated carbocycles. The molecule has 0 heterocycles. The molecule has 0 N–H and O–H groups in total. The molecule has 2 atom stereocenters. The van der Waals surface area contributed by atoms with Crippen LogP contribution in [0.5, 0.6) is 0 Å². The molecule has 1 fully saturated rings. The summed E-state index contributed by atoms with van der Waals surface area (Å²) in [6.07, 6.45) is 7.43. The normalized spacial score (nSPS) is 27.2. The molecule has 1 aliphatic carbocycles. The second-order valence-electron chi connectivity index (χ2n) is 5.71. The Labute approximate surface area is 84.1 Å². The highest BCUT2D eigenvalue weighted by Crippen LogP contribution is 2.46. The molecule has 0 amide bonds. The Kier molecular flexibility index (Phi) is 4.28. The van der Waals surface area contributed by atoms with Crippen LogP contribution in [0, 0.1) is 23.7 Å². The summed E-state index contributed by atoms with van der Waals surface area (Å²) in [5.74, 6) is 4.04. The summed E-state index contributed by atoms with van der Waals surface area (Å²) < 4.78 is 0. The summed E-state index contributed by atoms with van der Waals surface area (Å²) in [5, 5.41) is 0. The molecule has 0 aromatic carbocycles. The van der Waals surface area contributed by atoms with Crippen molar-refractivity contribution in [3.05, 3.63) is 0 Å². The Bertz CT molecular complexity index is 135. The van der Waals surface area contributed by atoms with Gasteiger partial charge in [-0.1, -0.05) is 47.0 Å². The van der Waals surface area contributed by atoms with Gasteiger partial charge in [-0.3, -0.25) is 0 Å². The first-order valence-corrected chi connectivity index (χ1v) is 6.09. The summed E-state index contributed by atoms with van der Waals surface area (Å²) in [4.78, 5) is 0. The van der Waals surface area contributed by atoms with Gasteiger partial charge in [0.15, 0.2) is 0 Å². The molecule has 0 radical (unpaired) electrons. The van der Waals surface area contributed by atoms with Crippen LogP contribution < -0.4 is 0 Å². The minimum absolute atomic E-state index is 0.905. The average molecular weight is 182 g/mol. The molecule has 0 aliphatic heterocycles. The van der Waals surface area contributed by atoms with E-state index in [0.29, 0.717) is 0 Å². The molecule has 13 heavy (non-hydrogen) atoms. The minimum Gasteiger partial charge on any atom is -0.0628 e. The molecule has 0 spiro atoms. The Hall–Kier alpha value is 0. The van der Waals surface area contributed by atoms with Crippen LogP contribution in [0.25, 0.3) is 0 Å². The molecular weight excluding hydrogens is 156 g/mol. The maximum absolute atomic E-state index is 2.35. The number of hydrogen-bond acceptors (Lipinski definition) is 0. The van der Waals surface area contributed by atoms with E-state index in [1.807, 2.05) is 0 Å². The van der Waals surface area contributed by atoms with E-state index in [1.165, 1.54) is 32.1 Å². The van der Waals surface area contributed by atoms with Gasteiger partial charge in [0.1, 0.15) is 0 Å². The van der Waals surface area contributed by atoms with E-state index in [1.54, 1.807) is 0 Å². The van der Waals surface area contributed by atoms with Crippen LogP contribution in [0.2, 0.25) is 0 Å². The Morgan fingerprint density at radius 3 is 2.23 bits per heavy atom. The van der Waals surface area contributed by atoms with E-state index < -0.39 is 0 Å². The van der Waals surface area contributed by atoms with Crippen LogP contribution >= 0.6 is 0 Å². The van der Waals surface area contributed by atoms with Crippen molar-refractivity contribution in [3.8, 4) is 0 Å². The molecule has 0 aromatic heterocycles. The second-order valence-corrected chi connectivity index (χ2v) is 5.71. The highest BCUT2D eigenvalue weighted by atomic mass is 14.4. The molecule has 78 valence electrons. The molecule has 2 unspecified atom stereocenters. The van der Waals surface area contributed by atoms with Crippen LogP contribution in [-0.2, 0) is 0 Å². The van der Waals surface area contributed by atoms with Crippen molar-refractivity contribution >= 4 is 0 Å². The smallest absolute Gasteiger partial charge is 0.0381 e. The topological polar surface area (TPSA) is 0 Å². The predicted molar refractivity (Wildman–Crippen MR) is 59.7 cm³/mol. The minimum atomic E-state index is 0.905. The van der Waals surface area contributed by atoms with Gasteiger partial charge in [0, 0.05) is 0 Å². The fourth-order valence-electron chi connectivity index (χ4n) is 2.35. The first-order valence-electron chi connectivity index (χ1n) is 6.09. The highest BCUT2D eigenvalue weighted by Gasteiger charge is 2.35. The fraction of sp³-hybridized carbons (Fsp3) is 1.00. The van der Waals surface area contributed by atoms with Gasteiger partial charge in [0.05, 0.1) is 0 Å². The third kappa shape index (κ3) is 4.69. The molecule has 0 nitrogen and oxygen atoms in total. The summed E-state index contributed by atoms with van der Waals surface area (Å²) in [6, 6.07) is 0. The Balaban J connectivity index is 1.95. The van der Waals surface area contributed by atoms with Crippen LogP contribution in [-0.4, -0.2) is 0 Å². The lowest BCUT2D eigenvalue weighted by Crippen LogP contribution is -1.92. The average Bonchev–Trinajstić information content (AvgIpc) is 2.65. The summed E-state index contributed by atoms with van der Waals surface area (Å²) in [5.41, 5.74) is 0. The molecule has 1 aliphatic rings. The summed E-state index contributed by atoms with van der Waals surface area (Å²) >= 11 is 0. The third-order valence-corrected chi connectivity index (χ3v) is 3.20. The van der Waals surface area contributed by atoms with Gasteiger partial charge in [-0.2, -0.15) is 0 Å². The first-order chi connectivity index (χ1) is 6.09. The van der Waals surface area contributed by atoms with Crippen LogP contribution in [0.3, 0.4) is 0 Å². The van der Waals surface area contributed by atoms with Crippen LogP contribution in [0.1, 0.15) is 59.8 Å². The highest BCUT2D eigenvalue weighted by molar-refractivity contribution is 4.86. The summed E-state index contributed by atoms with van der Waals surface area (Å²) in [6.45, 7) is 9.37. The standard InChI is InChI=1S/C13H26/c1-10(2)6-5-7-12-9-13(12)8-11(3)4/h10-13H,5-9H2,1-4H3. The Morgan fingerprint density at radius 1 is 1.00 bits per heavy atom. The van der Waals surface area contributed by atoms with E-state index in [0.717, 1.165) is 23.7 Å². The van der Waals surface area contributed by atoms with Gasteiger partial charge < -0.3 is 0 Å². The van der Waals surface area contributed by atoms with Gasteiger partial charge in [-0.15, -0.1) is 0 Å². The zero-order valence-electron chi connectivity index (χ0n) is 9.84. The molecule has 0 heteroatoms. The monoisotopic (exact) mass is 182 g/mol. The van der Waals surface area contributed by atoms with Crippen molar-refractivity contribution in [2.24, 2.45) is 23.7 Å². The van der Waals surface area contributed by atoms with Crippen LogP contribution in [0.4, 0.5) is 0 Å². The van der Waals surface area contributed by atoms with Gasteiger partial charge in [-0.05, 0) is 36.5 Å². The van der Waals surface area contributed by atoms with Crippen molar-refractivity contribution in [1.82, 2.24) is 0 Å². The van der Waals surface area contributed by atoms with Gasteiger partial charge >= 0.3 is 0 Å². The fourth-order valence-corrected chi connectivity index (χ4v) is 2.35. The van der Waals surface area contributed by atoms with E-state index in [-0.39, 0.29) is 0 Å². The van der Waals surface area contributed by atoms with Crippen molar-refractivity contribution < 1.29 is 0 Å².